The van der Waals surface area contributed by atoms with Crippen LogP contribution in [0, 0.1) is 0 Å². The van der Waals surface area contributed by atoms with Gasteiger partial charge in [0, 0.05) is 29.5 Å². The molecule has 118 valence electrons. The van der Waals surface area contributed by atoms with E-state index < -0.39 is 10.0 Å². The Kier molecular flexibility index (Phi) is 5.69. The maximum Gasteiger partial charge on any atom is 0.240 e. The van der Waals surface area contributed by atoms with Gasteiger partial charge in [-0.2, -0.15) is 0 Å². The summed E-state index contributed by atoms with van der Waals surface area (Å²) >= 11 is 3.30. The second-order valence-corrected chi connectivity index (χ2v) is 7.75. The molecule has 22 heavy (non-hydrogen) atoms. The first-order valence-electron chi connectivity index (χ1n) is 6.72. The number of sulfonamides is 1. The predicted octanol–water partition coefficient (Wildman–Crippen LogP) is 2.43. The molecule has 2 rings (SSSR count). The monoisotopic (exact) mass is 383 g/mol. The summed E-state index contributed by atoms with van der Waals surface area (Å²) in [6.45, 7) is 0.275. The molecular weight excluding hydrogens is 366 g/mol. The van der Waals surface area contributed by atoms with Crippen LogP contribution in [0.4, 0.5) is 0 Å². The summed E-state index contributed by atoms with van der Waals surface area (Å²) in [7, 11) is 0.285. The fourth-order valence-electron chi connectivity index (χ4n) is 2.06. The van der Waals surface area contributed by atoms with Gasteiger partial charge >= 0.3 is 0 Å². The standard InChI is InChI=1S/C15H18BrN3O2S/c1-19(2)15(12-4-3-9-17-10-12)11-18-22(20,21)14-7-5-13(16)6-8-14/h3-10,15,18H,11H2,1-2H3/t15-/m0/s1. The van der Waals surface area contributed by atoms with Gasteiger partial charge in [-0.25, -0.2) is 13.1 Å². The second-order valence-electron chi connectivity index (χ2n) is 5.07. The van der Waals surface area contributed by atoms with E-state index in [1.807, 2.05) is 31.1 Å². The Balaban J connectivity index is 2.14. The predicted molar refractivity (Wildman–Crippen MR) is 90.0 cm³/mol. The fourth-order valence-corrected chi connectivity index (χ4v) is 3.36. The third-order valence-electron chi connectivity index (χ3n) is 3.28. The summed E-state index contributed by atoms with van der Waals surface area (Å²) in [5.41, 5.74) is 0.964. The van der Waals surface area contributed by atoms with Crippen molar-refractivity contribution in [1.29, 1.82) is 0 Å². The van der Waals surface area contributed by atoms with Crippen LogP contribution in [0.1, 0.15) is 11.6 Å². The van der Waals surface area contributed by atoms with Gasteiger partial charge in [0.15, 0.2) is 0 Å². The first-order chi connectivity index (χ1) is 10.4. The van der Waals surface area contributed by atoms with Gasteiger partial charge in [-0.15, -0.1) is 0 Å². The Bertz CT molecular complexity index is 703. The Morgan fingerprint density at radius 1 is 1.23 bits per heavy atom. The molecule has 0 aliphatic heterocycles. The van der Waals surface area contributed by atoms with Gasteiger partial charge in [0.2, 0.25) is 10.0 Å². The lowest BCUT2D eigenvalue weighted by molar-refractivity contribution is 0.299. The van der Waals surface area contributed by atoms with E-state index in [1.165, 1.54) is 0 Å². The third kappa shape index (κ3) is 4.36. The largest absolute Gasteiger partial charge is 0.301 e. The smallest absolute Gasteiger partial charge is 0.240 e. The second kappa shape index (κ2) is 7.32. The molecule has 1 N–H and O–H groups in total. The molecule has 0 saturated carbocycles. The maximum absolute atomic E-state index is 12.3. The molecule has 0 fully saturated rings. The van der Waals surface area contributed by atoms with Crippen molar-refractivity contribution in [3.63, 3.8) is 0 Å². The van der Waals surface area contributed by atoms with E-state index in [9.17, 15) is 8.42 Å². The third-order valence-corrected chi connectivity index (χ3v) is 5.25. The minimum atomic E-state index is -3.53. The lowest BCUT2D eigenvalue weighted by Gasteiger charge is -2.24. The number of halogens is 1. The van der Waals surface area contributed by atoms with Crippen LogP contribution in [0.3, 0.4) is 0 Å². The average molecular weight is 384 g/mol. The van der Waals surface area contributed by atoms with Gasteiger partial charge in [-0.05, 0) is 50.0 Å². The topological polar surface area (TPSA) is 62.3 Å². The molecule has 2 aromatic rings. The van der Waals surface area contributed by atoms with Crippen LogP contribution < -0.4 is 4.72 Å². The van der Waals surface area contributed by atoms with Crippen LogP contribution in [-0.4, -0.2) is 38.9 Å². The van der Waals surface area contributed by atoms with Crippen molar-refractivity contribution in [3.05, 3.63) is 58.8 Å². The molecule has 5 nitrogen and oxygen atoms in total. The first-order valence-corrected chi connectivity index (χ1v) is 8.99. The van der Waals surface area contributed by atoms with E-state index in [0.717, 1.165) is 10.0 Å². The number of likely N-dealkylation sites (N-methyl/N-ethyl adjacent to an activating group) is 1. The van der Waals surface area contributed by atoms with Gasteiger partial charge in [-0.3, -0.25) is 4.98 Å². The number of rotatable bonds is 6. The maximum atomic E-state index is 12.3. The Hall–Kier alpha value is -1.28. The molecule has 0 bridgehead atoms. The van der Waals surface area contributed by atoms with Crippen molar-refractivity contribution < 1.29 is 8.42 Å². The highest BCUT2D eigenvalue weighted by molar-refractivity contribution is 9.10. The van der Waals surface area contributed by atoms with Crippen molar-refractivity contribution >= 4 is 26.0 Å². The summed E-state index contributed by atoms with van der Waals surface area (Å²) in [4.78, 5) is 6.30. The minimum absolute atomic E-state index is 0.0843. The molecule has 1 atom stereocenters. The number of benzene rings is 1. The van der Waals surface area contributed by atoms with Crippen LogP contribution in [0.25, 0.3) is 0 Å². The van der Waals surface area contributed by atoms with E-state index in [-0.39, 0.29) is 17.5 Å². The van der Waals surface area contributed by atoms with Crippen LogP contribution in [0.5, 0.6) is 0 Å². The molecule has 0 radical (unpaired) electrons. The van der Waals surface area contributed by atoms with E-state index in [2.05, 4.69) is 25.6 Å². The number of nitrogens with one attached hydrogen (secondary N) is 1. The molecule has 0 unspecified atom stereocenters. The zero-order valence-corrected chi connectivity index (χ0v) is 14.8. The summed E-state index contributed by atoms with van der Waals surface area (Å²) in [5, 5.41) is 0. The van der Waals surface area contributed by atoms with Gasteiger partial charge in [0.05, 0.1) is 4.90 Å². The Morgan fingerprint density at radius 2 is 1.91 bits per heavy atom. The first kappa shape index (κ1) is 17.1. The minimum Gasteiger partial charge on any atom is -0.301 e. The van der Waals surface area contributed by atoms with Crippen molar-refractivity contribution in [2.45, 2.75) is 10.9 Å². The van der Waals surface area contributed by atoms with Crippen LogP contribution in [0.15, 0.2) is 58.2 Å². The lowest BCUT2D eigenvalue weighted by Crippen LogP contribution is -2.34. The summed E-state index contributed by atoms with van der Waals surface area (Å²) in [6.07, 6.45) is 3.45. The molecule has 7 heteroatoms. The zero-order valence-electron chi connectivity index (χ0n) is 12.4. The van der Waals surface area contributed by atoms with Crippen LogP contribution in [-0.2, 0) is 10.0 Å². The van der Waals surface area contributed by atoms with Gasteiger partial charge in [0.25, 0.3) is 0 Å². The number of hydrogen-bond acceptors (Lipinski definition) is 4. The normalized spacial score (nSPS) is 13.3. The van der Waals surface area contributed by atoms with E-state index in [0.29, 0.717) is 0 Å². The van der Waals surface area contributed by atoms with Crippen molar-refractivity contribution in [2.75, 3.05) is 20.6 Å². The molecule has 0 aliphatic carbocycles. The van der Waals surface area contributed by atoms with Gasteiger partial charge < -0.3 is 4.90 Å². The fraction of sp³-hybridized carbons (Fsp3) is 0.267. The van der Waals surface area contributed by atoms with E-state index >= 15 is 0 Å². The molecule has 1 aromatic heterocycles. The summed E-state index contributed by atoms with van der Waals surface area (Å²) < 4.78 is 28.2. The van der Waals surface area contributed by atoms with Crippen molar-refractivity contribution in [3.8, 4) is 0 Å². The highest BCUT2D eigenvalue weighted by Gasteiger charge is 2.19. The van der Waals surface area contributed by atoms with Gasteiger partial charge in [0.1, 0.15) is 0 Å². The average Bonchev–Trinajstić information content (AvgIpc) is 2.48. The zero-order chi connectivity index (χ0) is 16.2. The van der Waals surface area contributed by atoms with E-state index in [1.54, 1.807) is 36.7 Å². The molecular formula is C15H18BrN3O2S. The molecule has 0 aliphatic rings. The van der Waals surface area contributed by atoms with Gasteiger partial charge in [-0.1, -0.05) is 22.0 Å². The highest BCUT2D eigenvalue weighted by atomic mass is 79.9. The number of hydrogen-bond donors (Lipinski definition) is 1. The summed E-state index contributed by atoms with van der Waals surface area (Å²) in [6, 6.07) is 10.3. The molecule has 0 amide bonds. The quantitative estimate of drug-likeness (QED) is 0.831. The van der Waals surface area contributed by atoms with Crippen LogP contribution >= 0.6 is 15.9 Å². The van der Waals surface area contributed by atoms with Crippen molar-refractivity contribution in [1.82, 2.24) is 14.6 Å². The summed E-state index contributed by atoms with van der Waals surface area (Å²) in [5.74, 6) is 0. The van der Waals surface area contributed by atoms with E-state index in [4.69, 9.17) is 0 Å². The molecule has 0 saturated heterocycles. The number of pyridine rings is 1. The van der Waals surface area contributed by atoms with Crippen molar-refractivity contribution in [2.24, 2.45) is 0 Å². The lowest BCUT2D eigenvalue weighted by atomic mass is 10.1. The molecule has 1 aromatic carbocycles. The number of aromatic nitrogens is 1. The SMILES string of the molecule is CN(C)[C@@H](CNS(=O)(=O)c1ccc(Br)cc1)c1cccnc1. The van der Waals surface area contributed by atoms with Crippen LogP contribution in [0.2, 0.25) is 0 Å². The molecule has 0 spiro atoms. The molecule has 1 heterocycles. The Labute approximate surface area is 139 Å². The Morgan fingerprint density at radius 3 is 2.45 bits per heavy atom. The highest BCUT2D eigenvalue weighted by Crippen LogP contribution is 2.18. The number of nitrogens with zero attached hydrogens (tertiary/aromatic N) is 2.